The van der Waals surface area contributed by atoms with E-state index in [1.807, 2.05) is 43.3 Å². The van der Waals surface area contributed by atoms with Gasteiger partial charge in [0.1, 0.15) is 17.6 Å². The number of hydrogen-bond acceptors (Lipinski definition) is 3. The van der Waals surface area contributed by atoms with Crippen LogP contribution in [-0.4, -0.2) is 0 Å². The normalized spacial score (nSPS) is 9.65. The Morgan fingerprint density at radius 1 is 1.12 bits per heavy atom. The Hall–Kier alpha value is -2.47. The van der Waals surface area contributed by atoms with Gasteiger partial charge in [0.15, 0.2) is 0 Å². The first kappa shape index (κ1) is 11.0. The van der Waals surface area contributed by atoms with Gasteiger partial charge in [-0.15, -0.1) is 0 Å². The molecule has 0 heterocycles. The molecule has 0 atom stereocenters. The first-order valence-electron chi connectivity index (χ1n) is 5.24. The van der Waals surface area contributed by atoms with Gasteiger partial charge in [-0.25, -0.2) is 0 Å². The number of nitrogens with zero attached hydrogens (tertiary/aromatic N) is 1. The molecule has 2 aromatic carbocycles. The Bertz CT molecular complexity index is 571. The maximum absolute atomic E-state index is 8.95. The van der Waals surface area contributed by atoms with Crippen LogP contribution in [0.15, 0.2) is 42.5 Å². The van der Waals surface area contributed by atoms with Crippen molar-refractivity contribution in [3.05, 3.63) is 53.6 Å². The van der Waals surface area contributed by atoms with Crippen LogP contribution in [0.5, 0.6) is 11.5 Å². The van der Waals surface area contributed by atoms with Crippen LogP contribution in [0, 0.1) is 18.3 Å². The molecule has 17 heavy (non-hydrogen) atoms. The predicted molar refractivity (Wildman–Crippen MR) is 66.8 cm³/mol. The highest BCUT2D eigenvalue weighted by molar-refractivity contribution is 5.62. The third-order valence-electron chi connectivity index (χ3n) is 2.46. The minimum absolute atomic E-state index is 0.441. The van der Waals surface area contributed by atoms with Crippen LogP contribution in [0.3, 0.4) is 0 Å². The number of anilines is 1. The van der Waals surface area contributed by atoms with Crippen LogP contribution in [0.2, 0.25) is 0 Å². The molecule has 0 aliphatic rings. The third kappa shape index (κ3) is 2.37. The highest BCUT2D eigenvalue weighted by Crippen LogP contribution is 2.27. The number of para-hydroxylation sites is 1. The number of aryl methyl sites for hydroxylation is 1. The summed E-state index contributed by atoms with van der Waals surface area (Å²) in [7, 11) is 0. The second-order valence-corrected chi connectivity index (χ2v) is 3.73. The lowest BCUT2D eigenvalue weighted by atomic mass is 10.1. The summed E-state index contributed by atoms with van der Waals surface area (Å²) < 4.78 is 5.65. The van der Waals surface area contributed by atoms with Crippen LogP contribution in [-0.2, 0) is 0 Å². The SMILES string of the molecule is Cc1cc(Oc2ccccc2)cc(C#N)c1N. The van der Waals surface area contributed by atoms with Crippen molar-refractivity contribution in [1.82, 2.24) is 0 Å². The number of nitriles is 1. The largest absolute Gasteiger partial charge is 0.457 e. The first-order chi connectivity index (χ1) is 8.20. The number of nitrogen functional groups attached to an aromatic ring is 1. The van der Waals surface area contributed by atoms with Gasteiger partial charge < -0.3 is 10.5 Å². The van der Waals surface area contributed by atoms with Crippen molar-refractivity contribution in [1.29, 1.82) is 5.26 Å². The van der Waals surface area contributed by atoms with E-state index in [-0.39, 0.29) is 0 Å². The molecule has 0 unspecified atom stereocenters. The van der Waals surface area contributed by atoms with Gasteiger partial charge in [-0.2, -0.15) is 5.26 Å². The van der Waals surface area contributed by atoms with E-state index in [0.29, 0.717) is 17.0 Å². The number of ether oxygens (including phenoxy) is 1. The smallest absolute Gasteiger partial charge is 0.129 e. The highest BCUT2D eigenvalue weighted by atomic mass is 16.5. The lowest BCUT2D eigenvalue weighted by molar-refractivity contribution is 0.482. The van der Waals surface area contributed by atoms with Gasteiger partial charge in [-0.3, -0.25) is 0 Å². The monoisotopic (exact) mass is 224 g/mol. The van der Waals surface area contributed by atoms with Crippen molar-refractivity contribution in [2.75, 3.05) is 5.73 Å². The van der Waals surface area contributed by atoms with Crippen molar-refractivity contribution >= 4 is 5.69 Å². The molecule has 0 radical (unpaired) electrons. The van der Waals surface area contributed by atoms with Gasteiger partial charge in [0.2, 0.25) is 0 Å². The summed E-state index contributed by atoms with van der Waals surface area (Å²) in [4.78, 5) is 0. The Balaban J connectivity index is 2.35. The number of hydrogen-bond donors (Lipinski definition) is 1. The van der Waals surface area contributed by atoms with Gasteiger partial charge in [-0.1, -0.05) is 18.2 Å². The van der Waals surface area contributed by atoms with Crippen LogP contribution in [0.25, 0.3) is 0 Å². The molecule has 2 rings (SSSR count). The van der Waals surface area contributed by atoms with E-state index < -0.39 is 0 Å². The molecule has 3 nitrogen and oxygen atoms in total. The summed E-state index contributed by atoms with van der Waals surface area (Å²) >= 11 is 0. The Labute approximate surface area is 100 Å². The van der Waals surface area contributed by atoms with Crippen molar-refractivity contribution in [2.45, 2.75) is 6.92 Å². The van der Waals surface area contributed by atoms with Crippen molar-refractivity contribution in [2.24, 2.45) is 0 Å². The molecule has 0 saturated carbocycles. The second-order valence-electron chi connectivity index (χ2n) is 3.73. The topological polar surface area (TPSA) is 59.0 Å². The van der Waals surface area contributed by atoms with Gasteiger partial charge in [0.25, 0.3) is 0 Å². The van der Waals surface area contributed by atoms with E-state index in [9.17, 15) is 0 Å². The molecule has 3 heteroatoms. The Kier molecular flexibility index (Phi) is 2.97. The lowest BCUT2D eigenvalue weighted by Gasteiger charge is -2.09. The molecule has 0 spiro atoms. The van der Waals surface area contributed by atoms with Crippen molar-refractivity contribution in [3.8, 4) is 17.6 Å². The highest BCUT2D eigenvalue weighted by Gasteiger charge is 2.06. The van der Waals surface area contributed by atoms with Gasteiger partial charge >= 0.3 is 0 Å². The zero-order chi connectivity index (χ0) is 12.3. The van der Waals surface area contributed by atoms with Crippen LogP contribution < -0.4 is 10.5 Å². The molecule has 0 fully saturated rings. The molecule has 0 aromatic heterocycles. The van der Waals surface area contributed by atoms with E-state index in [1.54, 1.807) is 6.07 Å². The summed E-state index contributed by atoms with van der Waals surface area (Å²) in [6.45, 7) is 1.86. The molecule has 0 aliphatic carbocycles. The first-order valence-corrected chi connectivity index (χ1v) is 5.24. The molecule has 2 N–H and O–H groups in total. The molecular formula is C14H12N2O. The van der Waals surface area contributed by atoms with E-state index in [0.717, 1.165) is 11.3 Å². The van der Waals surface area contributed by atoms with E-state index >= 15 is 0 Å². The fraction of sp³-hybridized carbons (Fsp3) is 0.0714. The number of benzene rings is 2. The Morgan fingerprint density at radius 2 is 1.82 bits per heavy atom. The van der Waals surface area contributed by atoms with E-state index in [1.165, 1.54) is 0 Å². The summed E-state index contributed by atoms with van der Waals surface area (Å²) in [6.07, 6.45) is 0. The molecule has 0 saturated heterocycles. The summed E-state index contributed by atoms with van der Waals surface area (Å²) in [5.74, 6) is 1.36. The Morgan fingerprint density at radius 3 is 2.47 bits per heavy atom. The predicted octanol–water partition coefficient (Wildman–Crippen LogP) is 3.24. The summed E-state index contributed by atoms with van der Waals surface area (Å²) in [6, 6.07) is 15.0. The van der Waals surface area contributed by atoms with E-state index in [2.05, 4.69) is 6.07 Å². The quantitative estimate of drug-likeness (QED) is 0.796. The number of rotatable bonds is 2. The third-order valence-corrected chi connectivity index (χ3v) is 2.46. The minimum Gasteiger partial charge on any atom is -0.457 e. The average Bonchev–Trinajstić information content (AvgIpc) is 2.35. The molecular weight excluding hydrogens is 212 g/mol. The fourth-order valence-corrected chi connectivity index (χ4v) is 1.54. The van der Waals surface area contributed by atoms with Gasteiger partial charge in [0, 0.05) is 6.07 Å². The van der Waals surface area contributed by atoms with Gasteiger partial charge in [0.05, 0.1) is 11.3 Å². The molecule has 2 aromatic rings. The summed E-state index contributed by atoms with van der Waals surface area (Å²) in [5.41, 5.74) is 7.57. The molecule has 0 amide bonds. The molecule has 0 aliphatic heterocycles. The van der Waals surface area contributed by atoms with Crippen LogP contribution in [0.1, 0.15) is 11.1 Å². The average molecular weight is 224 g/mol. The van der Waals surface area contributed by atoms with Crippen LogP contribution >= 0.6 is 0 Å². The van der Waals surface area contributed by atoms with E-state index in [4.69, 9.17) is 15.7 Å². The van der Waals surface area contributed by atoms with Crippen molar-refractivity contribution in [3.63, 3.8) is 0 Å². The fourth-order valence-electron chi connectivity index (χ4n) is 1.54. The minimum atomic E-state index is 0.441. The molecule has 0 bridgehead atoms. The number of nitrogens with two attached hydrogens (primary N) is 1. The van der Waals surface area contributed by atoms with Gasteiger partial charge in [-0.05, 0) is 30.7 Å². The maximum atomic E-state index is 8.95. The van der Waals surface area contributed by atoms with Crippen molar-refractivity contribution < 1.29 is 4.74 Å². The maximum Gasteiger partial charge on any atom is 0.129 e. The standard InChI is InChI=1S/C14H12N2O/c1-10-7-13(8-11(9-15)14(10)16)17-12-5-3-2-4-6-12/h2-8H,16H2,1H3. The second kappa shape index (κ2) is 4.58. The van der Waals surface area contributed by atoms with Crippen LogP contribution in [0.4, 0.5) is 5.69 Å². The zero-order valence-corrected chi connectivity index (χ0v) is 9.47. The molecule has 84 valence electrons. The lowest BCUT2D eigenvalue weighted by Crippen LogP contribution is -1.95. The summed E-state index contributed by atoms with van der Waals surface area (Å²) in [5, 5.41) is 8.95. The zero-order valence-electron chi connectivity index (χ0n) is 9.47.